The Hall–Kier alpha value is -2.95. The van der Waals surface area contributed by atoms with Gasteiger partial charge in [-0.1, -0.05) is 18.2 Å². The van der Waals surface area contributed by atoms with E-state index in [2.05, 4.69) is 40.3 Å². The summed E-state index contributed by atoms with van der Waals surface area (Å²) in [6.45, 7) is 2.11. The topological polar surface area (TPSA) is 52.5 Å². The highest BCUT2D eigenvalue weighted by atomic mass is 16.5. The zero-order valence-electron chi connectivity index (χ0n) is 15.7. The zero-order chi connectivity index (χ0) is 18.9. The van der Waals surface area contributed by atoms with Crippen LogP contribution in [0.4, 0.5) is 0 Å². The third-order valence-corrected chi connectivity index (χ3v) is 4.45. The number of hydrogen-bond donors (Lipinski definition) is 1. The Morgan fingerprint density at radius 2 is 1.78 bits per heavy atom. The maximum atomic E-state index is 11.9. The highest BCUT2D eigenvalue weighted by Gasteiger charge is 2.03. The number of methoxy groups -OCH3 is 1. The number of carbonyl (C=O) groups excluding carboxylic acids is 1. The molecule has 3 aromatic rings. The number of aromatic nitrogens is 1. The van der Waals surface area contributed by atoms with E-state index in [1.165, 1.54) is 10.9 Å². The molecule has 0 atom stereocenters. The van der Waals surface area contributed by atoms with E-state index < -0.39 is 0 Å². The SMILES string of the molecule is COc1ccc(OCCCC(=O)NCCCn2ccc3ccccc32)cc1. The lowest BCUT2D eigenvalue weighted by Gasteiger charge is -2.08. The van der Waals surface area contributed by atoms with Gasteiger partial charge < -0.3 is 19.4 Å². The van der Waals surface area contributed by atoms with Crippen LogP contribution >= 0.6 is 0 Å². The number of nitrogens with zero attached hydrogens (tertiary/aromatic N) is 1. The third kappa shape index (κ3) is 5.51. The zero-order valence-corrected chi connectivity index (χ0v) is 15.7. The van der Waals surface area contributed by atoms with E-state index in [0.717, 1.165) is 24.5 Å². The molecule has 0 fully saturated rings. The molecule has 142 valence electrons. The Morgan fingerprint density at radius 1 is 1.00 bits per heavy atom. The Morgan fingerprint density at radius 3 is 2.59 bits per heavy atom. The standard InChI is InChI=1S/C22H26N2O3/c1-26-19-9-11-20(12-10-19)27-17-4-8-22(25)23-14-5-15-24-16-13-18-6-2-3-7-21(18)24/h2-3,6-7,9-13,16H,4-5,8,14-15,17H2,1H3,(H,23,25). The van der Waals surface area contributed by atoms with Crippen LogP contribution in [0.2, 0.25) is 0 Å². The van der Waals surface area contributed by atoms with Crippen LogP contribution in [0.15, 0.2) is 60.8 Å². The molecule has 3 rings (SSSR count). The number of benzene rings is 2. The molecular weight excluding hydrogens is 340 g/mol. The normalized spacial score (nSPS) is 10.7. The number of nitrogens with one attached hydrogen (secondary N) is 1. The largest absolute Gasteiger partial charge is 0.497 e. The summed E-state index contributed by atoms with van der Waals surface area (Å²) in [5, 5.41) is 4.23. The first-order chi connectivity index (χ1) is 13.3. The minimum atomic E-state index is 0.0747. The average Bonchev–Trinajstić information content (AvgIpc) is 3.12. The van der Waals surface area contributed by atoms with Crippen LogP contribution in [0.3, 0.4) is 0 Å². The van der Waals surface area contributed by atoms with Crippen LogP contribution in [0.5, 0.6) is 11.5 Å². The van der Waals surface area contributed by atoms with E-state index in [9.17, 15) is 4.79 Å². The summed E-state index contributed by atoms with van der Waals surface area (Å²) in [4.78, 5) is 11.9. The number of hydrogen-bond acceptors (Lipinski definition) is 3. The van der Waals surface area contributed by atoms with Gasteiger partial charge in [-0.25, -0.2) is 0 Å². The van der Waals surface area contributed by atoms with Crippen molar-refractivity contribution in [2.24, 2.45) is 0 Å². The van der Waals surface area contributed by atoms with Gasteiger partial charge in [-0.3, -0.25) is 4.79 Å². The first-order valence-electron chi connectivity index (χ1n) is 9.34. The fourth-order valence-electron chi connectivity index (χ4n) is 3.00. The molecule has 5 nitrogen and oxygen atoms in total. The van der Waals surface area contributed by atoms with Crippen LogP contribution in [0, 0.1) is 0 Å². The average molecular weight is 366 g/mol. The summed E-state index contributed by atoms with van der Waals surface area (Å²) in [6.07, 6.45) is 4.18. The van der Waals surface area contributed by atoms with Gasteiger partial charge >= 0.3 is 0 Å². The molecule has 0 saturated heterocycles. The van der Waals surface area contributed by atoms with Crippen LogP contribution in [0.25, 0.3) is 10.9 Å². The van der Waals surface area contributed by atoms with Gasteiger partial charge in [0, 0.05) is 31.2 Å². The third-order valence-electron chi connectivity index (χ3n) is 4.45. The molecule has 1 N–H and O–H groups in total. The molecule has 0 aliphatic rings. The lowest BCUT2D eigenvalue weighted by atomic mass is 10.2. The number of aryl methyl sites for hydroxylation is 1. The number of carbonyl (C=O) groups is 1. The van der Waals surface area contributed by atoms with Crippen molar-refractivity contribution in [3.05, 3.63) is 60.8 Å². The first-order valence-corrected chi connectivity index (χ1v) is 9.34. The molecule has 0 spiro atoms. The van der Waals surface area contributed by atoms with Crippen molar-refractivity contribution < 1.29 is 14.3 Å². The second-order valence-electron chi connectivity index (χ2n) is 6.40. The molecule has 2 aromatic carbocycles. The molecule has 0 radical (unpaired) electrons. The minimum absolute atomic E-state index is 0.0747. The lowest BCUT2D eigenvalue weighted by molar-refractivity contribution is -0.121. The molecular formula is C22H26N2O3. The predicted molar refractivity (Wildman–Crippen MR) is 107 cm³/mol. The first kappa shape index (κ1) is 18.8. The number of rotatable bonds is 10. The van der Waals surface area contributed by atoms with Crippen molar-refractivity contribution in [2.75, 3.05) is 20.3 Å². The van der Waals surface area contributed by atoms with Crippen molar-refractivity contribution in [3.8, 4) is 11.5 Å². The number of amides is 1. The summed E-state index contributed by atoms with van der Waals surface area (Å²) >= 11 is 0. The molecule has 0 saturated carbocycles. The van der Waals surface area contributed by atoms with E-state index in [4.69, 9.17) is 9.47 Å². The van der Waals surface area contributed by atoms with Gasteiger partial charge in [0.05, 0.1) is 13.7 Å². The fraction of sp³-hybridized carbons (Fsp3) is 0.318. The highest BCUT2D eigenvalue weighted by Crippen LogP contribution is 2.17. The molecule has 1 heterocycles. The second kappa shape index (κ2) is 9.67. The molecule has 0 bridgehead atoms. The molecule has 27 heavy (non-hydrogen) atoms. The van der Waals surface area contributed by atoms with Crippen LogP contribution < -0.4 is 14.8 Å². The van der Waals surface area contributed by atoms with E-state index in [1.807, 2.05) is 30.3 Å². The Kier molecular flexibility index (Phi) is 6.74. The minimum Gasteiger partial charge on any atom is -0.497 e. The van der Waals surface area contributed by atoms with Gasteiger partial charge in [0.15, 0.2) is 0 Å². The van der Waals surface area contributed by atoms with Gasteiger partial charge in [0.1, 0.15) is 11.5 Å². The monoisotopic (exact) mass is 366 g/mol. The maximum absolute atomic E-state index is 11.9. The van der Waals surface area contributed by atoms with E-state index >= 15 is 0 Å². The smallest absolute Gasteiger partial charge is 0.220 e. The van der Waals surface area contributed by atoms with E-state index in [1.54, 1.807) is 7.11 Å². The number of para-hydroxylation sites is 1. The quantitative estimate of drug-likeness (QED) is 0.552. The summed E-state index contributed by atoms with van der Waals surface area (Å²) in [5.41, 5.74) is 1.24. The van der Waals surface area contributed by atoms with Crippen LogP contribution in [0.1, 0.15) is 19.3 Å². The van der Waals surface area contributed by atoms with Gasteiger partial charge in [0.25, 0.3) is 0 Å². The summed E-state index contributed by atoms with van der Waals surface area (Å²) < 4.78 is 13.0. The summed E-state index contributed by atoms with van der Waals surface area (Å²) in [6, 6.07) is 17.9. The molecule has 0 unspecified atom stereocenters. The fourth-order valence-corrected chi connectivity index (χ4v) is 3.00. The Labute approximate surface area is 159 Å². The van der Waals surface area contributed by atoms with Gasteiger partial charge in [-0.15, -0.1) is 0 Å². The lowest BCUT2D eigenvalue weighted by Crippen LogP contribution is -2.25. The van der Waals surface area contributed by atoms with Crippen molar-refractivity contribution in [3.63, 3.8) is 0 Å². The van der Waals surface area contributed by atoms with Crippen molar-refractivity contribution in [2.45, 2.75) is 25.8 Å². The summed E-state index contributed by atoms with van der Waals surface area (Å²) in [7, 11) is 1.63. The summed E-state index contributed by atoms with van der Waals surface area (Å²) in [5.74, 6) is 1.66. The molecule has 1 aromatic heterocycles. The molecule has 0 aliphatic heterocycles. The molecule has 0 aliphatic carbocycles. The van der Waals surface area contributed by atoms with Gasteiger partial charge in [-0.2, -0.15) is 0 Å². The molecule has 5 heteroatoms. The number of fused-ring (bicyclic) bond motifs is 1. The van der Waals surface area contributed by atoms with Gasteiger partial charge in [-0.05, 0) is 54.6 Å². The van der Waals surface area contributed by atoms with Crippen molar-refractivity contribution in [1.29, 1.82) is 0 Å². The van der Waals surface area contributed by atoms with Crippen LogP contribution in [-0.4, -0.2) is 30.7 Å². The second-order valence-corrected chi connectivity index (χ2v) is 6.40. The van der Waals surface area contributed by atoms with Crippen molar-refractivity contribution in [1.82, 2.24) is 9.88 Å². The molecule has 1 amide bonds. The van der Waals surface area contributed by atoms with E-state index in [0.29, 0.717) is 26.0 Å². The van der Waals surface area contributed by atoms with E-state index in [-0.39, 0.29) is 5.91 Å². The Bertz CT molecular complexity index is 855. The maximum Gasteiger partial charge on any atom is 0.220 e. The number of ether oxygens (including phenoxy) is 2. The highest BCUT2D eigenvalue weighted by molar-refractivity contribution is 5.79. The predicted octanol–water partition coefficient (Wildman–Crippen LogP) is 4.02. The van der Waals surface area contributed by atoms with Crippen molar-refractivity contribution >= 4 is 16.8 Å². The van der Waals surface area contributed by atoms with Crippen LogP contribution in [-0.2, 0) is 11.3 Å². The Balaban J connectivity index is 1.28. The van der Waals surface area contributed by atoms with Gasteiger partial charge in [0.2, 0.25) is 5.91 Å².